The van der Waals surface area contributed by atoms with Crippen molar-refractivity contribution in [3.63, 3.8) is 0 Å². The van der Waals surface area contributed by atoms with Gasteiger partial charge in [0.2, 0.25) is 5.91 Å². The highest BCUT2D eigenvalue weighted by Crippen LogP contribution is 2.24. The van der Waals surface area contributed by atoms with Gasteiger partial charge >= 0.3 is 0 Å². The maximum Gasteiger partial charge on any atom is 0.225 e. The Labute approximate surface area is 152 Å². The number of amides is 1. The molecule has 4 heteroatoms. The van der Waals surface area contributed by atoms with Gasteiger partial charge < -0.3 is 14.7 Å². The summed E-state index contributed by atoms with van der Waals surface area (Å²) in [5.74, 6) is 0.556. The molecule has 4 nitrogen and oxygen atoms in total. The zero-order chi connectivity index (χ0) is 17.6. The summed E-state index contributed by atoms with van der Waals surface area (Å²) in [7, 11) is 0. The second kappa shape index (κ2) is 8.59. The number of carbonyl (C=O) groups is 1. The summed E-state index contributed by atoms with van der Waals surface area (Å²) in [4.78, 5) is 19.5. The third-order valence-corrected chi connectivity index (χ3v) is 5.86. The number of hydrogen-bond acceptors (Lipinski definition) is 3. The molecule has 1 aromatic rings. The van der Waals surface area contributed by atoms with Crippen LogP contribution in [0.4, 0.5) is 11.4 Å². The molecule has 0 N–H and O–H groups in total. The number of nitrogens with zero attached hydrogens (tertiary/aromatic N) is 3. The molecular formula is C21H33N3O. The molecule has 0 aromatic heterocycles. The van der Waals surface area contributed by atoms with Gasteiger partial charge in [0.05, 0.1) is 0 Å². The van der Waals surface area contributed by atoms with Crippen LogP contribution >= 0.6 is 0 Å². The van der Waals surface area contributed by atoms with E-state index in [-0.39, 0.29) is 5.92 Å². The Hall–Kier alpha value is -1.71. The van der Waals surface area contributed by atoms with Gasteiger partial charge in [-0.3, -0.25) is 4.79 Å². The van der Waals surface area contributed by atoms with E-state index < -0.39 is 0 Å². The van der Waals surface area contributed by atoms with Crippen LogP contribution in [0.5, 0.6) is 0 Å². The molecule has 0 atom stereocenters. The van der Waals surface area contributed by atoms with Gasteiger partial charge in [0.15, 0.2) is 0 Å². The summed E-state index contributed by atoms with van der Waals surface area (Å²) >= 11 is 0. The van der Waals surface area contributed by atoms with Crippen LogP contribution in [-0.4, -0.2) is 50.1 Å². The minimum atomic E-state index is 0.204. The highest BCUT2D eigenvalue weighted by Gasteiger charge is 2.25. The lowest BCUT2D eigenvalue weighted by molar-refractivity contribution is -0.136. The molecule has 0 aliphatic carbocycles. The second-order valence-electron chi connectivity index (χ2n) is 7.39. The Morgan fingerprint density at radius 3 is 1.76 bits per heavy atom. The fourth-order valence-corrected chi connectivity index (χ4v) is 4.11. The van der Waals surface area contributed by atoms with Crippen molar-refractivity contribution in [2.75, 3.05) is 49.1 Å². The smallest absolute Gasteiger partial charge is 0.225 e. The fourth-order valence-electron chi connectivity index (χ4n) is 4.11. The van der Waals surface area contributed by atoms with E-state index in [1.807, 2.05) is 0 Å². The minimum Gasteiger partial charge on any atom is -0.372 e. The number of rotatable bonds is 5. The number of benzene rings is 1. The van der Waals surface area contributed by atoms with Crippen molar-refractivity contribution in [3.05, 3.63) is 24.3 Å². The van der Waals surface area contributed by atoms with Gasteiger partial charge in [0, 0.05) is 56.6 Å². The quantitative estimate of drug-likeness (QED) is 0.814. The molecule has 0 spiro atoms. The number of carbonyl (C=O) groups excluding carboxylic acids is 1. The summed E-state index contributed by atoms with van der Waals surface area (Å²) in [6.07, 6.45) is 5.90. The summed E-state index contributed by atoms with van der Waals surface area (Å²) in [6, 6.07) is 9.04. The van der Waals surface area contributed by atoms with Crippen LogP contribution in [0.2, 0.25) is 0 Å². The Kier molecular flexibility index (Phi) is 6.22. The third-order valence-electron chi connectivity index (χ3n) is 5.86. The molecule has 1 amide bonds. The van der Waals surface area contributed by atoms with E-state index in [0.717, 1.165) is 39.0 Å². The normalized spacial score (nSPS) is 18.8. The number of piperazine rings is 1. The first-order valence-electron chi connectivity index (χ1n) is 10.1. The van der Waals surface area contributed by atoms with E-state index in [4.69, 9.17) is 0 Å². The molecular weight excluding hydrogens is 310 g/mol. The standard InChI is InChI=1S/C21H33N3O/c1-3-18(4-2)21(25)24-16-14-23(15-17-24)20-10-8-19(9-11-20)22-12-6-5-7-13-22/h8-11,18H,3-7,12-17H2,1-2H3. The topological polar surface area (TPSA) is 26.8 Å². The predicted octanol–water partition coefficient (Wildman–Crippen LogP) is 3.76. The highest BCUT2D eigenvalue weighted by molar-refractivity contribution is 5.79. The van der Waals surface area contributed by atoms with Crippen LogP contribution in [-0.2, 0) is 4.79 Å². The second-order valence-corrected chi connectivity index (χ2v) is 7.39. The average Bonchev–Trinajstić information content (AvgIpc) is 2.70. The number of piperidine rings is 1. The first kappa shape index (κ1) is 18.1. The molecule has 1 aromatic carbocycles. The zero-order valence-electron chi connectivity index (χ0n) is 15.9. The van der Waals surface area contributed by atoms with E-state index >= 15 is 0 Å². The maximum absolute atomic E-state index is 12.5. The summed E-state index contributed by atoms with van der Waals surface area (Å²) in [6.45, 7) is 10.2. The van der Waals surface area contributed by atoms with E-state index in [1.165, 1.54) is 43.7 Å². The van der Waals surface area contributed by atoms with Crippen LogP contribution < -0.4 is 9.80 Å². The molecule has 2 saturated heterocycles. The molecule has 2 aliphatic heterocycles. The van der Waals surface area contributed by atoms with Crippen molar-refractivity contribution in [2.45, 2.75) is 46.0 Å². The van der Waals surface area contributed by atoms with Gasteiger partial charge in [-0.15, -0.1) is 0 Å². The lowest BCUT2D eigenvalue weighted by atomic mass is 10.0. The lowest BCUT2D eigenvalue weighted by Crippen LogP contribution is -2.50. The van der Waals surface area contributed by atoms with Crippen molar-refractivity contribution < 1.29 is 4.79 Å². The molecule has 138 valence electrons. The predicted molar refractivity (Wildman–Crippen MR) is 105 cm³/mol. The molecule has 2 aliphatic rings. The van der Waals surface area contributed by atoms with Crippen molar-refractivity contribution >= 4 is 17.3 Å². The van der Waals surface area contributed by atoms with Gasteiger partial charge in [-0.1, -0.05) is 13.8 Å². The summed E-state index contributed by atoms with van der Waals surface area (Å²) < 4.78 is 0. The largest absolute Gasteiger partial charge is 0.372 e. The monoisotopic (exact) mass is 343 g/mol. The Bertz CT molecular complexity index is 539. The average molecular weight is 344 g/mol. The Balaban J connectivity index is 1.55. The minimum absolute atomic E-state index is 0.204. The van der Waals surface area contributed by atoms with Gasteiger partial charge in [-0.25, -0.2) is 0 Å². The number of anilines is 2. The molecule has 25 heavy (non-hydrogen) atoms. The van der Waals surface area contributed by atoms with Crippen molar-refractivity contribution in [1.29, 1.82) is 0 Å². The van der Waals surface area contributed by atoms with Crippen molar-refractivity contribution in [3.8, 4) is 0 Å². The highest BCUT2D eigenvalue weighted by atomic mass is 16.2. The van der Waals surface area contributed by atoms with Crippen LogP contribution in [0, 0.1) is 5.92 Å². The van der Waals surface area contributed by atoms with Crippen LogP contribution in [0.25, 0.3) is 0 Å². The van der Waals surface area contributed by atoms with E-state index in [1.54, 1.807) is 0 Å². The van der Waals surface area contributed by atoms with E-state index in [0.29, 0.717) is 5.91 Å². The first-order chi connectivity index (χ1) is 12.2. The van der Waals surface area contributed by atoms with Crippen LogP contribution in [0.3, 0.4) is 0 Å². The summed E-state index contributed by atoms with van der Waals surface area (Å²) in [5.41, 5.74) is 2.64. The maximum atomic E-state index is 12.5. The third kappa shape index (κ3) is 4.28. The Morgan fingerprint density at radius 2 is 1.28 bits per heavy atom. The van der Waals surface area contributed by atoms with E-state index in [9.17, 15) is 4.79 Å². The van der Waals surface area contributed by atoms with Gasteiger partial charge in [0.25, 0.3) is 0 Å². The fraction of sp³-hybridized carbons (Fsp3) is 0.667. The SMILES string of the molecule is CCC(CC)C(=O)N1CCN(c2ccc(N3CCCCC3)cc2)CC1. The van der Waals surface area contributed by atoms with Crippen LogP contribution in [0.15, 0.2) is 24.3 Å². The lowest BCUT2D eigenvalue weighted by Gasteiger charge is -2.37. The number of hydrogen-bond donors (Lipinski definition) is 0. The molecule has 3 rings (SSSR count). The molecule has 2 heterocycles. The van der Waals surface area contributed by atoms with Crippen molar-refractivity contribution in [1.82, 2.24) is 4.90 Å². The van der Waals surface area contributed by atoms with Gasteiger partial charge in [0.1, 0.15) is 0 Å². The summed E-state index contributed by atoms with van der Waals surface area (Å²) in [5, 5.41) is 0. The molecule has 0 bridgehead atoms. The molecule has 0 saturated carbocycles. The van der Waals surface area contributed by atoms with Gasteiger partial charge in [-0.2, -0.15) is 0 Å². The first-order valence-corrected chi connectivity index (χ1v) is 10.1. The van der Waals surface area contributed by atoms with Crippen LogP contribution in [0.1, 0.15) is 46.0 Å². The van der Waals surface area contributed by atoms with E-state index in [2.05, 4.69) is 52.8 Å². The molecule has 2 fully saturated rings. The van der Waals surface area contributed by atoms with Gasteiger partial charge in [-0.05, 0) is 56.4 Å². The molecule has 0 radical (unpaired) electrons. The zero-order valence-corrected chi connectivity index (χ0v) is 15.9. The van der Waals surface area contributed by atoms with Crippen molar-refractivity contribution in [2.24, 2.45) is 5.92 Å². The Morgan fingerprint density at radius 1 is 0.800 bits per heavy atom. The molecule has 0 unspecified atom stereocenters.